The van der Waals surface area contributed by atoms with Crippen LogP contribution in [0.5, 0.6) is 0 Å². The second kappa shape index (κ2) is 7.27. The summed E-state index contributed by atoms with van der Waals surface area (Å²) in [5.74, 6) is 1.22. The molecule has 6 unspecified atom stereocenters. The van der Waals surface area contributed by atoms with Crippen molar-refractivity contribution in [3.05, 3.63) is 0 Å². The summed E-state index contributed by atoms with van der Waals surface area (Å²) in [5, 5.41) is 3.08. The van der Waals surface area contributed by atoms with Crippen molar-refractivity contribution >= 4 is 18.3 Å². The fourth-order valence-corrected chi connectivity index (χ4v) is 4.03. The molecule has 21 heavy (non-hydrogen) atoms. The molecule has 122 valence electrons. The average molecular weight is 319 g/mol. The Morgan fingerprint density at radius 2 is 2.14 bits per heavy atom. The van der Waals surface area contributed by atoms with Gasteiger partial charge in [-0.1, -0.05) is 0 Å². The highest BCUT2D eigenvalue weighted by molar-refractivity contribution is 5.85. The molecule has 0 spiro atoms. The molecule has 0 radical (unpaired) electrons. The van der Waals surface area contributed by atoms with Crippen LogP contribution in [0.25, 0.3) is 0 Å². The number of ether oxygens (including phenoxy) is 2. The monoisotopic (exact) mass is 318 g/mol. The van der Waals surface area contributed by atoms with Crippen LogP contribution in [0.4, 0.5) is 0 Å². The maximum Gasteiger partial charge on any atom is 0.225 e. The van der Waals surface area contributed by atoms with Crippen LogP contribution >= 0.6 is 12.4 Å². The lowest BCUT2D eigenvalue weighted by atomic mass is 9.84. The number of amides is 1. The van der Waals surface area contributed by atoms with Gasteiger partial charge in [0, 0.05) is 18.7 Å². The molecule has 2 aliphatic carbocycles. The van der Waals surface area contributed by atoms with Crippen molar-refractivity contribution in [2.24, 2.45) is 23.5 Å². The molecule has 3 aliphatic rings. The molecule has 0 aromatic carbocycles. The molecule has 0 aromatic heterocycles. The predicted octanol–water partition coefficient (Wildman–Crippen LogP) is 1.09. The Balaban J connectivity index is 0.00000161. The lowest BCUT2D eigenvalue weighted by molar-refractivity contribution is -0.128. The summed E-state index contributed by atoms with van der Waals surface area (Å²) in [6.07, 6.45) is 4.66. The lowest BCUT2D eigenvalue weighted by Gasteiger charge is -2.28. The smallest absolute Gasteiger partial charge is 0.225 e. The maximum atomic E-state index is 12.4. The largest absolute Gasteiger partial charge is 0.379 e. The molecule has 6 atom stereocenters. The first-order chi connectivity index (χ1) is 9.65. The summed E-state index contributed by atoms with van der Waals surface area (Å²) in [6, 6.07) is 0.0968. The van der Waals surface area contributed by atoms with Crippen LogP contribution < -0.4 is 11.1 Å². The number of halogens is 1. The SMILES string of the molecule is CC(COC1CCOC1)NC(=O)C1C2CCC(C2)C1N.Cl. The fraction of sp³-hybridized carbons (Fsp3) is 0.933. The Morgan fingerprint density at radius 1 is 1.38 bits per heavy atom. The van der Waals surface area contributed by atoms with E-state index in [2.05, 4.69) is 5.32 Å². The van der Waals surface area contributed by atoms with Crippen LogP contribution in [0.2, 0.25) is 0 Å². The van der Waals surface area contributed by atoms with Gasteiger partial charge >= 0.3 is 0 Å². The van der Waals surface area contributed by atoms with Crippen molar-refractivity contribution in [1.29, 1.82) is 0 Å². The van der Waals surface area contributed by atoms with Gasteiger partial charge in [-0.15, -0.1) is 12.4 Å². The van der Waals surface area contributed by atoms with E-state index in [1.807, 2.05) is 6.92 Å². The van der Waals surface area contributed by atoms with E-state index in [1.165, 1.54) is 12.8 Å². The average Bonchev–Trinajstić information content (AvgIpc) is 3.13. The highest BCUT2D eigenvalue weighted by Gasteiger charge is 2.49. The van der Waals surface area contributed by atoms with Gasteiger partial charge in [-0.3, -0.25) is 4.79 Å². The molecule has 3 N–H and O–H groups in total. The lowest BCUT2D eigenvalue weighted by Crippen LogP contribution is -2.48. The first kappa shape index (κ1) is 17.0. The van der Waals surface area contributed by atoms with E-state index < -0.39 is 0 Å². The summed E-state index contributed by atoms with van der Waals surface area (Å²) in [5.41, 5.74) is 6.21. The molecule has 3 fully saturated rings. The molecule has 1 aliphatic heterocycles. The third-order valence-electron chi connectivity index (χ3n) is 5.14. The highest BCUT2D eigenvalue weighted by atomic mass is 35.5. The molecule has 6 heteroatoms. The van der Waals surface area contributed by atoms with Gasteiger partial charge in [-0.05, 0) is 44.4 Å². The number of carbonyl (C=O) groups excluding carboxylic acids is 1. The minimum absolute atomic E-state index is 0. The second-order valence-electron chi connectivity index (χ2n) is 6.66. The van der Waals surface area contributed by atoms with E-state index >= 15 is 0 Å². The van der Waals surface area contributed by atoms with Gasteiger partial charge in [0.1, 0.15) is 0 Å². The molecule has 0 aromatic rings. The summed E-state index contributed by atoms with van der Waals surface area (Å²) in [4.78, 5) is 12.4. The molecule has 3 rings (SSSR count). The molecule has 2 saturated carbocycles. The van der Waals surface area contributed by atoms with Crippen molar-refractivity contribution in [3.8, 4) is 0 Å². The molecule has 1 saturated heterocycles. The number of nitrogens with one attached hydrogen (secondary N) is 1. The highest BCUT2D eigenvalue weighted by Crippen LogP contribution is 2.47. The third-order valence-corrected chi connectivity index (χ3v) is 5.14. The van der Waals surface area contributed by atoms with Crippen molar-refractivity contribution in [3.63, 3.8) is 0 Å². The Hall–Kier alpha value is -0.360. The van der Waals surface area contributed by atoms with Crippen LogP contribution in [0.15, 0.2) is 0 Å². The Labute approximate surface area is 132 Å². The topological polar surface area (TPSA) is 73.6 Å². The minimum Gasteiger partial charge on any atom is -0.379 e. The number of fused-ring (bicyclic) bond motifs is 2. The number of rotatable bonds is 5. The molecule has 2 bridgehead atoms. The number of hydrogen-bond donors (Lipinski definition) is 2. The van der Waals surface area contributed by atoms with E-state index in [4.69, 9.17) is 15.2 Å². The van der Waals surface area contributed by atoms with Gasteiger partial charge < -0.3 is 20.5 Å². The molecular formula is C15H27ClN2O3. The van der Waals surface area contributed by atoms with Gasteiger partial charge in [0.15, 0.2) is 0 Å². The van der Waals surface area contributed by atoms with Crippen molar-refractivity contribution in [1.82, 2.24) is 5.32 Å². The van der Waals surface area contributed by atoms with Crippen molar-refractivity contribution in [2.45, 2.75) is 50.8 Å². The van der Waals surface area contributed by atoms with Crippen LogP contribution in [0, 0.1) is 17.8 Å². The number of hydrogen-bond acceptors (Lipinski definition) is 4. The summed E-state index contributed by atoms with van der Waals surface area (Å²) in [7, 11) is 0. The van der Waals surface area contributed by atoms with Crippen molar-refractivity contribution < 1.29 is 14.3 Å². The van der Waals surface area contributed by atoms with Gasteiger partial charge in [-0.25, -0.2) is 0 Å². The van der Waals surface area contributed by atoms with E-state index in [0.29, 0.717) is 25.0 Å². The van der Waals surface area contributed by atoms with Gasteiger partial charge in [0.05, 0.1) is 25.2 Å². The van der Waals surface area contributed by atoms with Crippen LogP contribution in [-0.4, -0.2) is 43.9 Å². The zero-order valence-electron chi connectivity index (χ0n) is 12.6. The quantitative estimate of drug-likeness (QED) is 0.796. The van der Waals surface area contributed by atoms with E-state index in [1.54, 1.807) is 0 Å². The predicted molar refractivity (Wildman–Crippen MR) is 82.3 cm³/mol. The van der Waals surface area contributed by atoms with E-state index in [0.717, 1.165) is 19.4 Å². The Morgan fingerprint density at radius 3 is 2.76 bits per heavy atom. The zero-order valence-corrected chi connectivity index (χ0v) is 13.4. The number of nitrogens with two attached hydrogens (primary N) is 1. The zero-order chi connectivity index (χ0) is 14.1. The first-order valence-corrected chi connectivity index (χ1v) is 7.90. The maximum absolute atomic E-state index is 12.4. The first-order valence-electron chi connectivity index (χ1n) is 7.90. The Kier molecular flexibility index (Phi) is 5.88. The van der Waals surface area contributed by atoms with Crippen molar-refractivity contribution in [2.75, 3.05) is 19.8 Å². The van der Waals surface area contributed by atoms with Crippen LogP contribution in [0.3, 0.4) is 0 Å². The number of carbonyl (C=O) groups is 1. The second-order valence-corrected chi connectivity index (χ2v) is 6.66. The van der Waals surface area contributed by atoms with Gasteiger partial charge in [0.25, 0.3) is 0 Å². The molecule has 1 amide bonds. The van der Waals surface area contributed by atoms with Gasteiger partial charge in [-0.2, -0.15) is 0 Å². The molecular weight excluding hydrogens is 292 g/mol. The van der Waals surface area contributed by atoms with E-state index in [9.17, 15) is 4.79 Å². The normalized spacial score (nSPS) is 39.0. The van der Waals surface area contributed by atoms with Gasteiger partial charge in [0.2, 0.25) is 5.91 Å². The Bertz CT molecular complexity index is 361. The summed E-state index contributed by atoms with van der Waals surface area (Å²) in [6.45, 7) is 4.01. The van der Waals surface area contributed by atoms with Crippen LogP contribution in [0.1, 0.15) is 32.6 Å². The minimum atomic E-state index is 0. The standard InChI is InChI=1S/C15H26N2O3.ClH/c1-9(7-20-12-4-5-19-8-12)17-15(18)13-10-2-3-11(6-10)14(13)16;/h9-14H,2-8,16H2,1H3,(H,17,18);1H. The summed E-state index contributed by atoms with van der Waals surface area (Å²) >= 11 is 0. The van der Waals surface area contributed by atoms with E-state index in [-0.39, 0.29) is 42.4 Å². The molecule has 1 heterocycles. The fourth-order valence-electron chi connectivity index (χ4n) is 4.03. The third kappa shape index (κ3) is 3.70. The van der Waals surface area contributed by atoms with Crippen LogP contribution in [-0.2, 0) is 14.3 Å². The molecule has 5 nitrogen and oxygen atoms in total. The summed E-state index contributed by atoms with van der Waals surface area (Å²) < 4.78 is 11.0.